The van der Waals surface area contributed by atoms with E-state index in [-0.39, 0.29) is 0 Å². The Labute approximate surface area is 152 Å². The maximum atomic E-state index is 12.6. The average Bonchev–Trinajstić information content (AvgIpc) is 2.59. The molecular formula is C17H19Cl2N2O2S+. The summed E-state index contributed by atoms with van der Waals surface area (Å²) in [5, 5.41) is 1.32. The fourth-order valence-electron chi connectivity index (χ4n) is 2.91. The van der Waals surface area contributed by atoms with E-state index in [9.17, 15) is 8.42 Å². The molecule has 3 rings (SSSR count). The first-order valence-electron chi connectivity index (χ1n) is 7.80. The Morgan fingerprint density at radius 1 is 0.917 bits per heavy atom. The fourth-order valence-corrected chi connectivity index (χ4v) is 4.91. The van der Waals surface area contributed by atoms with E-state index in [0.29, 0.717) is 34.6 Å². The smallest absolute Gasteiger partial charge is 0.243 e. The van der Waals surface area contributed by atoms with Gasteiger partial charge in [0.1, 0.15) is 6.54 Å². The van der Waals surface area contributed by atoms with Crippen LogP contribution in [0.15, 0.2) is 53.4 Å². The van der Waals surface area contributed by atoms with Crippen molar-refractivity contribution in [2.45, 2.75) is 11.4 Å². The molecule has 4 nitrogen and oxygen atoms in total. The zero-order valence-electron chi connectivity index (χ0n) is 13.1. The summed E-state index contributed by atoms with van der Waals surface area (Å²) in [6, 6.07) is 14.1. The van der Waals surface area contributed by atoms with E-state index < -0.39 is 10.0 Å². The standard InChI is InChI=1S/C17H18Cl2N2O2S/c18-16-7-4-8-17(19)15(16)13-20-9-11-21(12-10-20)24(22,23)14-5-2-1-3-6-14/h1-8H,9-13H2/p+1. The van der Waals surface area contributed by atoms with Crippen molar-refractivity contribution >= 4 is 33.2 Å². The molecule has 24 heavy (non-hydrogen) atoms. The Morgan fingerprint density at radius 2 is 1.50 bits per heavy atom. The molecule has 1 saturated heterocycles. The number of piperazine rings is 1. The molecule has 2 aromatic carbocycles. The predicted molar refractivity (Wildman–Crippen MR) is 96.1 cm³/mol. The van der Waals surface area contributed by atoms with Crippen LogP contribution in [0, 0.1) is 0 Å². The van der Waals surface area contributed by atoms with Gasteiger partial charge >= 0.3 is 0 Å². The van der Waals surface area contributed by atoms with Gasteiger partial charge in [-0.05, 0) is 24.3 Å². The van der Waals surface area contributed by atoms with Gasteiger partial charge in [0.05, 0.1) is 41.1 Å². The lowest BCUT2D eigenvalue weighted by atomic mass is 10.2. The molecule has 0 aromatic heterocycles. The number of hydrogen-bond donors (Lipinski definition) is 1. The van der Waals surface area contributed by atoms with Crippen molar-refractivity contribution in [1.29, 1.82) is 0 Å². The number of hydrogen-bond acceptors (Lipinski definition) is 2. The zero-order valence-corrected chi connectivity index (χ0v) is 15.4. The number of rotatable bonds is 4. The van der Waals surface area contributed by atoms with Crippen molar-refractivity contribution in [1.82, 2.24) is 4.31 Å². The summed E-state index contributed by atoms with van der Waals surface area (Å²) in [6.45, 7) is 3.15. The largest absolute Gasteiger partial charge is 0.329 e. The van der Waals surface area contributed by atoms with Crippen LogP contribution in [0.2, 0.25) is 10.0 Å². The van der Waals surface area contributed by atoms with Crippen LogP contribution in [-0.4, -0.2) is 38.9 Å². The number of quaternary nitrogens is 1. The van der Waals surface area contributed by atoms with E-state index in [1.807, 2.05) is 24.3 Å². The van der Waals surface area contributed by atoms with Crippen LogP contribution in [0.3, 0.4) is 0 Å². The van der Waals surface area contributed by atoms with Gasteiger partial charge in [-0.25, -0.2) is 8.42 Å². The Bertz CT molecular complexity index is 784. The quantitative estimate of drug-likeness (QED) is 0.875. The van der Waals surface area contributed by atoms with Crippen LogP contribution >= 0.6 is 23.2 Å². The molecule has 0 radical (unpaired) electrons. The Balaban J connectivity index is 1.66. The van der Waals surface area contributed by atoms with Crippen molar-refractivity contribution in [2.24, 2.45) is 0 Å². The first kappa shape index (κ1) is 17.7. The molecule has 0 atom stereocenters. The van der Waals surface area contributed by atoms with Gasteiger partial charge in [-0.1, -0.05) is 47.5 Å². The van der Waals surface area contributed by atoms with Gasteiger partial charge in [-0.3, -0.25) is 0 Å². The van der Waals surface area contributed by atoms with Crippen molar-refractivity contribution < 1.29 is 13.3 Å². The summed E-state index contributed by atoms with van der Waals surface area (Å²) in [4.78, 5) is 1.63. The second-order valence-corrected chi connectivity index (χ2v) is 8.60. The van der Waals surface area contributed by atoms with Crippen LogP contribution in [-0.2, 0) is 16.6 Å². The van der Waals surface area contributed by atoms with Crippen molar-refractivity contribution in [2.75, 3.05) is 26.2 Å². The highest BCUT2D eigenvalue weighted by Gasteiger charge is 2.30. The van der Waals surface area contributed by atoms with E-state index in [0.717, 1.165) is 18.7 Å². The molecule has 1 fully saturated rings. The molecule has 1 heterocycles. The van der Waals surface area contributed by atoms with Gasteiger partial charge in [0.2, 0.25) is 10.0 Å². The number of nitrogens with one attached hydrogen (secondary N) is 1. The highest BCUT2D eigenvalue weighted by molar-refractivity contribution is 7.89. The fraction of sp³-hybridized carbons (Fsp3) is 0.294. The normalized spacial score (nSPS) is 17.1. The summed E-state index contributed by atoms with van der Waals surface area (Å²) >= 11 is 12.5. The molecule has 0 spiro atoms. The molecule has 128 valence electrons. The molecule has 1 aliphatic heterocycles. The Morgan fingerprint density at radius 3 is 2.08 bits per heavy atom. The number of benzene rings is 2. The van der Waals surface area contributed by atoms with Crippen molar-refractivity contribution in [3.8, 4) is 0 Å². The van der Waals surface area contributed by atoms with Crippen LogP contribution in [0.4, 0.5) is 0 Å². The van der Waals surface area contributed by atoms with Gasteiger partial charge in [-0.2, -0.15) is 4.31 Å². The van der Waals surface area contributed by atoms with Crippen LogP contribution in [0.1, 0.15) is 5.56 Å². The zero-order chi connectivity index (χ0) is 17.2. The number of halogens is 2. The summed E-state index contributed by atoms with van der Waals surface area (Å²) in [7, 11) is -3.41. The number of sulfonamides is 1. The monoisotopic (exact) mass is 385 g/mol. The second kappa shape index (κ2) is 7.42. The van der Waals surface area contributed by atoms with Crippen molar-refractivity contribution in [3.05, 3.63) is 64.1 Å². The van der Waals surface area contributed by atoms with Gasteiger partial charge in [0, 0.05) is 5.56 Å². The summed E-state index contributed by atoms with van der Waals surface area (Å²) in [5.74, 6) is 0. The lowest BCUT2D eigenvalue weighted by molar-refractivity contribution is -0.917. The highest BCUT2D eigenvalue weighted by atomic mass is 35.5. The maximum Gasteiger partial charge on any atom is 0.243 e. The molecule has 1 aliphatic rings. The molecule has 0 unspecified atom stereocenters. The summed E-state index contributed by atoms with van der Waals surface area (Å²) in [5.41, 5.74) is 0.926. The van der Waals surface area contributed by atoms with E-state index in [4.69, 9.17) is 23.2 Å². The third-order valence-electron chi connectivity index (χ3n) is 4.30. The maximum absolute atomic E-state index is 12.6. The molecule has 0 saturated carbocycles. The van der Waals surface area contributed by atoms with Crippen LogP contribution < -0.4 is 4.90 Å². The molecule has 0 aliphatic carbocycles. The minimum Gasteiger partial charge on any atom is -0.329 e. The van der Waals surface area contributed by atoms with E-state index >= 15 is 0 Å². The van der Waals surface area contributed by atoms with Gasteiger partial charge in [-0.15, -0.1) is 0 Å². The molecular weight excluding hydrogens is 367 g/mol. The van der Waals surface area contributed by atoms with Gasteiger partial charge in [0.15, 0.2) is 0 Å². The second-order valence-electron chi connectivity index (χ2n) is 5.84. The SMILES string of the molecule is O=S(=O)(c1ccccc1)N1CC[NH+](Cc2c(Cl)cccc2Cl)CC1. The lowest BCUT2D eigenvalue weighted by Crippen LogP contribution is -3.13. The molecule has 0 bridgehead atoms. The molecule has 2 aromatic rings. The minimum absolute atomic E-state index is 0.350. The van der Waals surface area contributed by atoms with Crippen molar-refractivity contribution in [3.63, 3.8) is 0 Å². The third kappa shape index (κ3) is 3.76. The van der Waals surface area contributed by atoms with Gasteiger partial charge < -0.3 is 4.90 Å². The van der Waals surface area contributed by atoms with E-state index in [1.165, 1.54) is 4.90 Å². The average molecular weight is 386 g/mol. The van der Waals surface area contributed by atoms with Crippen LogP contribution in [0.5, 0.6) is 0 Å². The number of nitrogens with zero attached hydrogens (tertiary/aromatic N) is 1. The third-order valence-corrected chi connectivity index (χ3v) is 6.92. The molecule has 0 amide bonds. The summed E-state index contributed by atoms with van der Waals surface area (Å²) < 4.78 is 26.8. The topological polar surface area (TPSA) is 41.8 Å². The Hall–Kier alpha value is -1.11. The molecule has 1 N–H and O–H groups in total. The Kier molecular flexibility index (Phi) is 5.47. The summed E-state index contributed by atoms with van der Waals surface area (Å²) in [6.07, 6.45) is 0. The first-order valence-corrected chi connectivity index (χ1v) is 10.00. The van der Waals surface area contributed by atoms with Crippen LogP contribution in [0.25, 0.3) is 0 Å². The first-order chi connectivity index (χ1) is 11.5. The highest BCUT2D eigenvalue weighted by Crippen LogP contribution is 2.23. The van der Waals surface area contributed by atoms with Gasteiger partial charge in [0.25, 0.3) is 0 Å². The molecule has 7 heteroatoms. The minimum atomic E-state index is -3.41. The predicted octanol–water partition coefficient (Wildman–Crippen LogP) is 2.08. The van der Waals surface area contributed by atoms with E-state index in [2.05, 4.69) is 0 Å². The lowest BCUT2D eigenvalue weighted by Gasteiger charge is -2.31. The van der Waals surface area contributed by atoms with E-state index in [1.54, 1.807) is 28.6 Å².